The van der Waals surface area contributed by atoms with Crippen LogP contribution >= 0.6 is 11.3 Å². The van der Waals surface area contributed by atoms with Crippen LogP contribution < -0.4 is 10.5 Å². The van der Waals surface area contributed by atoms with Gasteiger partial charge in [-0.1, -0.05) is 6.92 Å². The summed E-state index contributed by atoms with van der Waals surface area (Å²) in [6.07, 6.45) is 2.05. The van der Waals surface area contributed by atoms with E-state index in [1.807, 2.05) is 0 Å². The van der Waals surface area contributed by atoms with Crippen LogP contribution in [0.25, 0.3) is 0 Å². The second-order valence-electron chi connectivity index (χ2n) is 5.15. The average Bonchev–Trinajstić information content (AvgIpc) is 3.00. The minimum atomic E-state index is -3.78. The van der Waals surface area contributed by atoms with Crippen molar-refractivity contribution in [2.24, 2.45) is 11.1 Å². The van der Waals surface area contributed by atoms with Gasteiger partial charge in [0.05, 0.1) is 15.9 Å². The second kappa shape index (κ2) is 6.43. The zero-order chi connectivity index (χ0) is 15.6. The Kier molecular flexibility index (Phi) is 5.03. The van der Waals surface area contributed by atoms with E-state index in [9.17, 15) is 13.2 Å². The Hall–Kier alpha value is -0.960. The third-order valence-corrected chi connectivity index (χ3v) is 5.89. The van der Waals surface area contributed by atoms with Crippen LogP contribution in [0.3, 0.4) is 0 Å². The number of thiophene rings is 1. The number of sulfonamides is 1. The number of amides is 1. The van der Waals surface area contributed by atoms with Crippen LogP contribution in [0, 0.1) is 12.8 Å². The number of aryl methyl sites for hydroxylation is 1. The lowest BCUT2D eigenvalue weighted by Gasteiger charge is -2.16. The van der Waals surface area contributed by atoms with E-state index >= 15 is 0 Å². The fraction of sp³-hybridized carbons (Fsp3) is 0.615. The van der Waals surface area contributed by atoms with E-state index in [2.05, 4.69) is 12.2 Å². The van der Waals surface area contributed by atoms with E-state index in [0.29, 0.717) is 22.2 Å². The van der Waals surface area contributed by atoms with Crippen LogP contribution in [0.15, 0.2) is 11.0 Å². The molecule has 1 aromatic rings. The van der Waals surface area contributed by atoms with Gasteiger partial charge in [0.25, 0.3) is 5.91 Å². The summed E-state index contributed by atoms with van der Waals surface area (Å²) in [7, 11) is -3.78. The maximum Gasteiger partial charge on any atom is 0.261 e. The van der Waals surface area contributed by atoms with Gasteiger partial charge in [-0.15, -0.1) is 11.3 Å². The average molecular weight is 332 g/mol. The molecule has 2 heterocycles. The quantitative estimate of drug-likeness (QED) is 0.847. The van der Waals surface area contributed by atoms with Gasteiger partial charge in [-0.3, -0.25) is 4.79 Å². The van der Waals surface area contributed by atoms with Crippen molar-refractivity contribution in [3.63, 3.8) is 0 Å². The topological polar surface area (TPSA) is 98.5 Å². The first-order chi connectivity index (χ1) is 9.82. The van der Waals surface area contributed by atoms with Gasteiger partial charge in [0.1, 0.15) is 0 Å². The van der Waals surface area contributed by atoms with Crippen molar-refractivity contribution in [2.75, 3.05) is 13.2 Å². The van der Waals surface area contributed by atoms with Gasteiger partial charge >= 0.3 is 0 Å². The number of ether oxygens (including phenoxy) is 1. The molecule has 1 amide bonds. The van der Waals surface area contributed by atoms with Crippen molar-refractivity contribution in [1.29, 1.82) is 0 Å². The number of nitrogens with one attached hydrogen (secondary N) is 1. The molecule has 1 fully saturated rings. The molecule has 1 aliphatic heterocycles. The van der Waals surface area contributed by atoms with Crippen molar-refractivity contribution >= 4 is 27.3 Å². The normalized spacial score (nSPS) is 22.4. The summed E-state index contributed by atoms with van der Waals surface area (Å²) in [5, 5.41) is 7.96. The molecule has 118 valence electrons. The number of nitrogens with two attached hydrogens (primary N) is 1. The number of carbonyl (C=O) groups excluding carboxylic acids is 1. The van der Waals surface area contributed by atoms with Crippen LogP contribution in [0.4, 0.5) is 0 Å². The fourth-order valence-corrected chi connectivity index (χ4v) is 4.61. The van der Waals surface area contributed by atoms with Gasteiger partial charge in [-0.05, 0) is 25.8 Å². The first kappa shape index (κ1) is 16.4. The Morgan fingerprint density at radius 3 is 2.86 bits per heavy atom. The van der Waals surface area contributed by atoms with Crippen LogP contribution in [0.5, 0.6) is 0 Å². The van der Waals surface area contributed by atoms with E-state index in [1.54, 1.807) is 6.92 Å². The highest BCUT2D eigenvalue weighted by molar-refractivity contribution is 7.89. The molecule has 2 unspecified atom stereocenters. The Balaban J connectivity index is 2.01. The molecule has 0 saturated carbocycles. The van der Waals surface area contributed by atoms with Crippen molar-refractivity contribution < 1.29 is 17.9 Å². The maximum absolute atomic E-state index is 12.1. The molecule has 1 aliphatic rings. The lowest BCUT2D eigenvalue weighted by molar-refractivity contribution is 0.0828. The molecule has 0 bridgehead atoms. The van der Waals surface area contributed by atoms with Gasteiger partial charge < -0.3 is 10.1 Å². The van der Waals surface area contributed by atoms with Crippen molar-refractivity contribution in [3.05, 3.63) is 15.8 Å². The van der Waals surface area contributed by atoms with Crippen LogP contribution in [0.1, 0.15) is 34.3 Å². The first-order valence-corrected chi connectivity index (χ1v) is 9.22. The van der Waals surface area contributed by atoms with Crippen molar-refractivity contribution in [1.82, 2.24) is 5.32 Å². The lowest BCUT2D eigenvalue weighted by atomic mass is 10.00. The van der Waals surface area contributed by atoms with E-state index in [-0.39, 0.29) is 16.9 Å². The molecule has 1 saturated heterocycles. The van der Waals surface area contributed by atoms with Gasteiger partial charge in [0.2, 0.25) is 10.0 Å². The maximum atomic E-state index is 12.1. The van der Waals surface area contributed by atoms with Crippen molar-refractivity contribution in [2.45, 2.75) is 37.7 Å². The Bertz CT molecular complexity index is 624. The Morgan fingerprint density at radius 1 is 1.57 bits per heavy atom. The Morgan fingerprint density at radius 2 is 2.29 bits per heavy atom. The highest BCUT2D eigenvalue weighted by atomic mass is 32.2. The number of hydrogen-bond donors (Lipinski definition) is 2. The largest absolute Gasteiger partial charge is 0.378 e. The highest BCUT2D eigenvalue weighted by Crippen LogP contribution is 2.25. The molecular formula is C13H20N2O4S2. The highest BCUT2D eigenvalue weighted by Gasteiger charge is 2.27. The standard InChI is InChI=1S/C13H20N2O4S2/c1-3-10-9(4-5-19-10)7-15-13(16)11-6-12(8(2)20-11)21(14,17)18/h6,9-10H,3-5,7H2,1-2H3,(H,15,16)(H2,14,17,18). The summed E-state index contributed by atoms with van der Waals surface area (Å²) in [6.45, 7) is 4.97. The van der Waals surface area contributed by atoms with E-state index in [0.717, 1.165) is 30.8 Å². The lowest BCUT2D eigenvalue weighted by Crippen LogP contribution is -2.32. The number of hydrogen-bond acceptors (Lipinski definition) is 5. The third kappa shape index (κ3) is 3.82. The zero-order valence-electron chi connectivity index (χ0n) is 12.1. The summed E-state index contributed by atoms with van der Waals surface area (Å²) in [4.78, 5) is 13.0. The molecule has 8 heteroatoms. The molecule has 0 aliphatic carbocycles. The van der Waals surface area contributed by atoms with Gasteiger partial charge in [0, 0.05) is 23.9 Å². The predicted molar refractivity (Wildman–Crippen MR) is 80.9 cm³/mol. The molecule has 0 spiro atoms. The van der Waals surface area contributed by atoms with Gasteiger partial charge in [0.15, 0.2) is 0 Å². The molecule has 0 radical (unpaired) electrons. The summed E-state index contributed by atoms with van der Waals surface area (Å²) in [5.41, 5.74) is 0. The van der Waals surface area contributed by atoms with Crippen molar-refractivity contribution in [3.8, 4) is 0 Å². The molecule has 21 heavy (non-hydrogen) atoms. The monoisotopic (exact) mass is 332 g/mol. The summed E-state index contributed by atoms with van der Waals surface area (Å²) in [6, 6.07) is 1.34. The summed E-state index contributed by atoms with van der Waals surface area (Å²) >= 11 is 1.14. The summed E-state index contributed by atoms with van der Waals surface area (Å²) < 4.78 is 28.3. The zero-order valence-corrected chi connectivity index (χ0v) is 13.7. The van der Waals surface area contributed by atoms with Gasteiger partial charge in [-0.25, -0.2) is 13.6 Å². The minimum absolute atomic E-state index is 0.0216. The van der Waals surface area contributed by atoms with E-state index < -0.39 is 10.0 Å². The summed E-state index contributed by atoms with van der Waals surface area (Å²) in [5.74, 6) is 0.0532. The van der Waals surface area contributed by atoms with Crippen LogP contribution in [-0.2, 0) is 14.8 Å². The smallest absolute Gasteiger partial charge is 0.261 e. The SMILES string of the molecule is CCC1OCCC1CNC(=O)c1cc(S(N)(=O)=O)c(C)s1. The molecule has 3 N–H and O–H groups in total. The first-order valence-electron chi connectivity index (χ1n) is 6.86. The predicted octanol–water partition coefficient (Wildman–Crippen LogP) is 1.25. The Labute approximate surface area is 128 Å². The molecular weight excluding hydrogens is 312 g/mol. The molecule has 0 aromatic carbocycles. The molecule has 6 nitrogen and oxygen atoms in total. The van der Waals surface area contributed by atoms with E-state index in [4.69, 9.17) is 9.88 Å². The molecule has 2 rings (SSSR count). The molecule has 1 aromatic heterocycles. The second-order valence-corrected chi connectivity index (χ2v) is 7.94. The number of carbonyl (C=O) groups is 1. The van der Waals surface area contributed by atoms with Crippen LogP contribution in [-0.4, -0.2) is 33.6 Å². The number of primary sulfonamides is 1. The van der Waals surface area contributed by atoms with E-state index in [1.165, 1.54) is 6.07 Å². The fourth-order valence-electron chi connectivity index (χ4n) is 2.55. The van der Waals surface area contributed by atoms with Crippen LogP contribution in [0.2, 0.25) is 0 Å². The minimum Gasteiger partial charge on any atom is -0.378 e. The number of rotatable bonds is 5. The van der Waals surface area contributed by atoms with Gasteiger partial charge in [-0.2, -0.15) is 0 Å². The third-order valence-electron chi connectivity index (χ3n) is 3.68. The molecule has 2 atom stereocenters.